The van der Waals surface area contributed by atoms with E-state index in [1.165, 1.54) is 0 Å². The highest BCUT2D eigenvalue weighted by Gasteiger charge is 2.01. The summed E-state index contributed by atoms with van der Waals surface area (Å²) in [5.41, 5.74) is 6.08. The number of halogens is 1. The lowest BCUT2D eigenvalue weighted by Gasteiger charge is -2.12. The monoisotopic (exact) mass is 471 g/mol. The van der Waals surface area contributed by atoms with Gasteiger partial charge in [0.1, 0.15) is 5.75 Å². The molecule has 1 aromatic heterocycles. The number of benzene rings is 1. The van der Waals surface area contributed by atoms with Gasteiger partial charge in [-0.05, 0) is 36.8 Å². The number of carbonyl (C=O) groups is 1. The molecule has 142 valence electrons. The van der Waals surface area contributed by atoms with Gasteiger partial charge >= 0.3 is 0 Å². The molecule has 2 aromatic rings. The Morgan fingerprint density at radius 2 is 2.00 bits per heavy atom. The first-order valence-corrected chi connectivity index (χ1v) is 8.30. The second-order valence-corrected chi connectivity index (χ2v) is 5.45. The largest absolute Gasteiger partial charge is 0.484 e. The molecule has 0 bridgehead atoms. The highest BCUT2D eigenvalue weighted by Crippen LogP contribution is 2.13. The van der Waals surface area contributed by atoms with Gasteiger partial charge in [0.25, 0.3) is 5.91 Å². The fourth-order valence-electron chi connectivity index (χ4n) is 2.22. The van der Waals surface area contributed by atoms with E-state index in [0.29, 0.717) is 12.3 Å². The summed E-state index contributed by atoms with van der Waals surface area (Å²) in [6.07, 6.45) is 4.06. The molecule has 1 amide bonds. The van der Waals surface area contributed by atoms with Crippen molar-refractivity contribution in [1.82, 2.24) is 15.2 Å². The van der Waals surface area contributed by atoms with Crippen LogP contribution in [0.5, 0.6) is 5.75 Å². The van der Waals surface area contributed by atoms with Gasteiger partial charge in [-0.3, -0.25) is 4.79 Å². The zero-order valence-corrected chi connectivity index (χ0v) is 17.2. The average Bonchev–Trinajstić information content (AvgIpc) is 3.12. The van der Waals surface area contributed by atoms with E-state index in [2.05, 4.69) is 20.2 Å². The second kappa shape index (κ2) is 12.2. The first kappa shape index (κ1) is 21.8. The Bertz CT molecular complexity index is 689. The third-order valence-electron chi connectivity index (χ3n) is 3.37. The molecular weight excluding hydrogens is 445 g/mol. The van der Waals surface area contributed by atoms with E-state index in [9.17, 15) is 4.79 Å². The van der Waals surface area contributed by atoms with Crippen molar-refractivity contribution in [2.45, 2.75) is 20.0 Å². The van der Waals surface area contributed by atoms with E-state index in [1.54, 1.807) is 6.07 Å². The van der Waals surface area contributed by atoms with Gasteiger partial charge in [0, 0.05) is 32.0 Å². The van der Waals surface area contributed by atoms with E-state index >= 15 is 0 Å². The fraction of sp³-hybridized carbons (Fsp3) is 0.333. The van der Waals surface area contributed by atoms with Crippen LogP contribution in [0.2, 0.25) is 0 Å². The van der Waals surface area contributed by atoms with Gasteiger partial charge in [0.05, 0.1) is 6.54 Å². The molecule has 0 radical (unpaired) electrons. The molecule has 0 aliphatic carbocycles. The highest BCUT2D eigenvalue weighted by molar-refractivity contribution is 14.0. The number of ether oxygens (including phenoxy) is 1. The number of amides is 1. The first-order chi connectivity index (χ1) is 12.2. The fourth-order valence-corrected chi connectivity index (χ4v) is 2.22. The maximum atomic E-state index is 10.8. The van der Waals surface area contributed by atoms with Crippen LogP contribution in [0, 0.1) is 0 Å². The Kier molecular flexibility index (Phi) is 10.2. The maximum Gasteiger partial charge on any atom is 0.255 e. The van der Waals surface area contributed by atoms with Crippen LogP contribution in [0.25, 0.3) is 0 Å². The van der Waals surface area contributed by atoms with Gasteiger partial charge in [-0.15, -0.1) is 24.0 Å². The van der Waals surface area contributed by atoms with E-state index in [1.807, 2.05) is 49.6 Å². The molecule has 0 aliphatic heterocycles. The molecule has 1 aromatic carbocycles. The lowest BCUT2D eigenvalue weighted by molar-refractivity contribution is -0.119. The summed E-state index contributed by atoms with van der Waals surface area (Å²) in [6, 6.07) is 11.5. The van der Waals surface area contributed by atoms with Crippen molar-refractivity contribution in [2.24, 2.45) is 10.7 Å². The summed E-state index contributed by atoms with van der Waals surface area (Å²) in [5.74, 6) is 0.875. The van der Waals surface area contributed by atoms with Crippen molar-refractivity contribution in [3.05, 3.63) is 54.4 Å². The van der Waals surface area contributed by atoms with Crippen LogP contribution in [0.15, 0.2) is 53.8 Å². The Balaban J connectivity index is 0.00000338. The molecule has 0 unspecified atom stereocenters. The van der Waals surface area contributed by atoms with Gasteiger partial charge in [0.2, 0.25) is 0 Å². The van der Waals surface area contributed by atoms with Gasteiger partial charge in [-0.2, -0.15) is 0 Å². The average molecular weight is 471 g/mol. The number of aliphatic imine (C=N–C) groups is 1. The number of primary amides is 1. The van der Waals surface area contributed by atoms with Gasteiger partial charge in [0.15, 0.2) is 12.6 Å². The van der Waals surface area contributed by atoms with E-state index in [4.69, 9.17) is 10.5 Å². The molecule has 8 heteroatoms. The third kappa shape index (κ3) is 8.24. The number of nitrogens with one attached hydrogen (secondary N) is 2. The standard InChI is InChI=1S/C18H25N5O2.HI/c1-2-20-18(21-8-11-23-9-3-4-10-23)22-13-15-6-5-7-16(12-15)25-14-17(19)24;/h3-7,9-10,12H,2,8,11,13-14H2,1H3,(H2,19,24)(H2,20,21,22);1H. The number of guanidine groups is 1. The minimum absolute atomic E-state index is 0. The van der Waals surface area contributed by atoms with Crippen molar-refractivity contribution >= 4 is 35.8 Å². The third-order valence-corrected chi connectivity index (χ3v) is 3.37. The van der Waals surface area contributed by atoms with Crippen LogP contribution >= 0.6 is 24.0 Å². The molecule has 0 atom stereocenters. The predicted octanol–water partition coefficient (Wildman–Crippen LogP) is 1.73. The first-order valence-electron chi connectivity index (χ1n) is 8.30. The van der Waals surface area contributed by atoms with Crippen LogP contribution < -0.4 is 21.1 Å². The van der Waals surface area contributed by atoms with Crippen LogP contribution in [0.1, 0.15) is 12.5 Å². The van der Waals surface area contributed by atoms with Crippen molar-refractivity contribution in [2.75, 3.05) is 19.7 Å². The number of rotatable bonds is 9. The number of nitrogens with zero attached hydrogens (tertiary/aromatic N) is 2. The highest BCUT2D eigenvalue weighted by atomic mass is 127. The van der Waals surface area contributed by atoms with Gasteiger partial charge in [-0.25, -0.2) is 4.99 Å². The minimum atomic E-state index is -0.496. The summed E-state index contributed by atoms with van der Waals surface area (Å²) in [4.78, 5) is 15.4. The smallest absolute Gasteiger partial charge is 0.255 e. The normalized spacial score (nSPS) is 10.7. The minimum Gasteiger partial charge on any atom is -0.484 e. The van der Waals surface area contributed by atoms with Crippen molar-refractivity contribution in [3.63, 3.8) is 0 Å². The molecule has 0 saturated carbocycles. The van der Waals surface area contributed by atoms with Crippen LogP contribution in [-0.4, -0.2) is 36.1 Å². The molecule has 0 fully saturated rings. The topological polar surface area (TPSA) is 93.7 Å². The lowest BCUT2D eigenvalue weighted by atomic mass is 10.2. The van der Waals surface area contributed by atoms with Crippen LogP contribution in [0.4, 0.5) is 0 Å². The van der Waals surface area contributed by atoms with Gasteiger partial charge in [-0.1, -0.05) is 12.1 Å². The quantitative estimate of drug-likeness (QED) is 0.295. The molecular formula is C18H26IN5O2. The van der Waals surface area contributed by atoms with E-state index < -0.39 is 5.91 Å². The summed E-state index contributed by atoms with van der Waals surface area (Å²) in [6.45, 7) is 4.84. The Labute approximate surface area is 171 Å². The number of hydrogen-bond acceptors (Lipinski definition) is 3. The Morgan fingerprint density at radius 3 is 2.69 bits per heavy atom. The number of nitrogens with two attached hydrogens (primary N) is 1. The van der Waals surface area contributed by atoms with Crippen LogP contribution in [-0.2, 0) is 17.9 Å². The molecule has 4 N–H and O–H groups in total. The SMILES string of the molecule is CCNC(=NCc1cccc(OCC(N)=O)c1)NCCn1cccc1.I. The molecule has 7 nitrogen and oxygen atoms in total. The summed E-state index contributed by atoms with van der Waals surface area (Å²) < 4.78 is 7.42. The van der Waals surface area contributed by atoms with E-state index in [-0.39, 0.29) is 30.6 Å². The van der Waals surface area contributed by atoms with E-state index in [0.717, 1.165) is 31.2 Å². The van der Waals surface area contributed by atoms with Crippen LogP contribution in [0.3, 0.4) is 0 Å². The summed E-state index contributed by atoms with van der Waals surface area (Å²) in [5, 5.41) is 6.53. The van der Waals surface area contributed by atoms with Crippen molar-refractivity contribution in [1.29, 1.82) is 0 Å². The zero-order valence-electron chi connectivity index (χ0n) is 14.9. The zero-order chi connectivity index (χ0) is 17.9. The number of hydrogen-bond donors (Lipinski definition) is 3. The van der Waals surface area contributed by atoms with Crippen molar-refractivity contribution in [3.8, 4) is 5.75 Å². The van der Waals surface area contributed by atoms with Gasteiger partial charge < -0.3 is 25.7 Å². The predicted molar refractivity (Wildman–Crippen MR) is 114 cm³/mol. The lowest BCUT2D eigenvalue weighted by Crippen LogP contribution is -2.38. The number of aromatic nitrogens is 1. The summed E-state index contributed by atoms with van der Waals surface area (Å²) in [7, 11) is 0. The molecule has 1 heterocycles. The second-order valence-electron chi connectivity index (χ2n) is 5.45. The summed E-state index contributed by atoms with van der Waals surface area (Å²) >= 11 is 0. The molecule has 0 aliphatic rings. The molecule has 0 saturated heterocycles. The maximum absolute atomic E-state index is 10.8. The number of carbonyl (C=O) groups excluding carboxylic acids is 1. The Hall–Kier alpha value is -2.23. The Morgan fingerprint density at radius 1 is 1.23 bits per heavy atom. The van der Waals surface area contributed by atoms with Crippen molar-refractivity contribution < 1.29 is 9.53 Å². The molecule has 0 spiro atoms. The molecule has 2 rings (SSSR count). The molecule has 26 heavy (non-hydrogen) atoms.